The van der Waals surface area contributed by atoms with Crippen molar-refractivity contribution in [3.05, 3.63) is 143 Å². The van der Waals surface area contributed by atoms with E-state index in [1.54, 1.807) is 0 Å². The first-order chi connectivity index (χ1) is 21.2. The number of aryl methyl sites for hydroxylation is 1. The first kappa shape index (κ1) is 27.8. The predicted octanol–water partition coefficient (Wildman–Crippen LogP) is 9.76. The number of ether oxygens (including phenoxy) is 2. The van der Waals surface area contributed by atoms with E-state index >= 15 is 0 Å². The van der Waals surface area contributed by atoms with E-state index in [-0.39, 0.29) is 11.4 Å². The quantitative estimate of drug-likeness (QED) is 0.210. The second-order valence-electron chi connectivity index (χ2n) is 12.6. The number of rotatable bonds is 5. The van der Waals surface area contributed by atoms with Gasteiger partial charge in [-0.2, -0.15) is 0 Å². The summed E-state index contributed by atoms with van der Waals surface area (Å²) in [5, 5.41) is 3.55. The van der Waals surface area contributed by atoms with Crippen molar-refractivity contribution in [3.63, 3.8) is 0 Å². The summed E-state index contributed by atoms with van der Waals surface area (Å²) in [7, 11) is 0. The molecule has 0 fully saturated rings. The van der Waals surface area contributed by atoms with Gasteiger partial charge in [0.05, 0.1) is 5.56 Å². The largest absolute Gasteiger partial charge is 0.456 e. The first-order valence-electron chi connectivity index (χ1n) is 15.2. The van der Waals surface area contributed by atoms with E-state index in [4.69, 9.17) is 9.47 Å². The third kappa shape index (κ3) is 4.43. The molecule has 5 aromatic carbocycles. The Morgan fingerprint density at radius 3 is 2.16 bits per heavy atom. The van der Waals surface area contributed by atoms with Gasteiger partial charge in [-0.15, -0.1) is 0 Å². The van der Waals surface area contributed by atoms with Crippen LogP contribution in [-0.2, 0) is 15.8 Å². The molecule has 1 spiro atoms. The average molecular weight is 581 g/mol. The maximum absolute atomic E-state index is 13.4. The van der Waals surface area contributed by atoms with Gasteiger partial charge in [0.2, 0.25) is 0 Å². The van der Waals surface area contributed by atoms with Crippen LogP contribution in [0.4, 0.5) is 22.7 Å². The Kier molecular flexibility index (Phi) is 6.51. The van der Waals surface area contributed by atoms with Crippen molar-refractivity contribution in [1.29, 1.82) is 0 Å². The van der Waals surface area contributed by atoms with Crippen LogP contribution in [0.15, 0.2) is 109 Å². The van der Waals surface area contributed by atoms with Gasteiger partial charge < -0.3 is 19.7 Å². The van der Waals surface area contributed by atoms with Crippen LogP contribution in [0.1, 0.15) is 65.9 Å². The van der Waals surface area contributed by atoms with Crippen LogP contribution in [0, 0.1) is 6.92 Å². The van der Waals surface area contributed by atoms with Gasteiger partial charge in [0.1, 0.15) is 11.5 Å². The van der Waals surface area contributed by atoms with Gasteiger partial charge >= 0.3 is 5.97 Å². The smallest absolute Gasteiger partial charge is 0.340 e. The van der Waals surface area contributed by atoms with Gasteiger partial charge in [-0.1, -0.05) is 69.3 Å². The number of carbonyl (C=O) groups is 1. The standard InChI is InChI=1S/C39H36N2O3/c1-6-41(28-18-16-26(17-19-28)38(3,4)5)29-20-21-32-36(23-29)43-35-22-25(2)34(40-27-12-8-7-9-13-27)24-33(35)39(32)31-15-11-10-14-30(31)37(42)44-39/h7-24,40H,6H2,1-5H3. The predicted molar refractivity (Wildman–Crippen MR) is 177 cm³/mol. The van der Waals surface area contributed by atoms with Gasteiger partial charge in [-0.05, 0) is 85.0 Å². The van der Waals surface area contributed by atoms with Crippen molar-refractivity contribution in [2.75, 3.05) is 16.8 Å². The summed E-state index contributed by atoms with van der Waals surface area (Å²) < 4.78 is 13.1. The fraction of sp³-hybridized carbons (Fsp3) is 0.205. The van der Waals surface area contributed by atoms with E-state index in [1.165, 1.54) is 5.56 Å². The molecule has 1 atom stereocenters. The van der Waals surface area contributed by atoms with E-state index in [9.17, 15) is 4.79 Å². The lowest BCUT2D eigenvalue weighted by atomic mass is 9.77. The third-order valence-electron chi connectivity index (χ3n) is 8.77. The Morgan fingerprint density at radius 1 is 0.750 bits per heavy atom. The molecule has 0 radical (unpaired) electrons. The molecule has 0 saturated carbocycles. The van der Waals surface area contributed by atoms with Crippen LogP contribution < -0.4 is 15.0 Å². The average Bonchev–Trinajstić information content (AvgIpc) is 3.31. The van der Waals surface area contributed by atoms with Crippen LogP contribution in [-0.4, -0.2) is 12.5 Å². The van der Waals surface area contributed by atoms with E-state index in [0.717, 1.165) is 51.5 Å². The molecule has 5 heteroatoms. The van der Waals surface area contributed by atoms with Crippen molar-refractivity contribution in [2.45, 2.75) is 45.6 Å². The summed E-state index contributed by atoms with van der Waals surface area (Å²) in [5.41, 5.74) is 8.27. The number of carbonyl (C=O) groups excluding carboxylic acids is 1. The fourth-order valence-corrected chi connectivity index (χ4v) is 6.44. The Hall–Kier alpha value is -5.03. The number of esters is 1. The summed E-state index contributed by atoms with van der Waals surface area (Å²) in [5.74, 6) is 1.01. The highest BCUT2D eigenvalue weighted by atomic mass is 16.6. The molecule has 7 rings (SSSR count). The maximum Gasteiger partial charge on any atom is 0.340 e. The SMILES string of the molecule is CCN(c1ccc(C(C)(C)C)cc1)c1ccc2c(c1)Oc1cc(C)c(Nc3ccccc3)cc1C21OC(=O)c2ccccc21. The molecule has 0 bridgehead atoms. The molecule has 5 nitrogen and oxygen atoms in total. The van der Waals surface area contributed by atoms with Crippen LogP contribution in [0.3, 0.4) is 0 Å². The maximum atomic E-state index is 13.4. The van der Waals surface area contributed by atoms with Crippen molar-refractivity contribution in [3.8, 4) is 11.5 Å². The number of hydrogen-bond donors (Lipinski definition) is 1. The molecule has 220 valence electrons. The van der Waals surface area contributed by atoms with Crippen molar-refractivity contribution >= 4 is 28.7 Å². The molecule has 0 aromatic heterocycles. The van der Waals surface area contributed by atoms with Crippen molar-refractivity contribution in [2.24, 2.45) is 0 Å². The topological polar surface area (TPSA) is 50.8 Å². The zero-order valence-corrected chi connectivity index (χ0v) is 25.8. The summed E-state index contributed by atoms with van der Waals surface area (Å²) in [6.45, 7) is 11.7. The van der Waals surface area contributed by atoms with Crippen LogP contribution in [0.25, 0.3) is 0 Å². The number of fused-ring (bicyclic) bond motifs is 6. The Labute approximate surface area is 259 Å². The normalized spacial score (nSPS) is 16.4. The minimum atomic E-state index is -1.14. The van der Waals surface area contributed by atoms with Gasteiger partial charge in [-0.25, -0.2) is 4.79 Å². The van der Waals surface area contributed by atoms with Crippen LogP contribution >= 0.6 is 0 Å². The number of hydrogen-bond acceptors (Lipinski definition) is 5. The van der Waals surface area contributed by atoms with E-state index in [0.29, 0.717) is 17.1 Å². The number of anilines is 4. The Bertz CT molecular complexity index is 1890. The third-order valence-corrected chi connectivity index (χ3v) is 8.77. The second kappa shape index (κ2) is 10.3. The molecule has 1 unspecified atom stereocenters. The molecule has 2 aliphatic heterocycles. The summed E-state index contributed by atoms with van der Waals surface area (Å²) in [4.78, 5) is 15.7. The van der Waals surface area contributed by atoms with Crippen LogP contribution in [0.5, 0.6) is 11.5 Å². The van der Waals surface area contributed by atoms with Gasteiger partial charge in [0, 0.05) is 52.1 Å². The zero-order valence-electron chi connectivity index (χ0n) is 25.8. The molecule has 5 aromatic rings. The number of nitrogens with zero attached hydrogens (tertiary/aromatic N) is 1. The summed E-state index contributed by atoms with van der Waals surface area (Å²) >= 11 is 0. The molecule has 44 heavy (non-hydrogen) atoms. The van der Waals surface area contributed by atoms with E-state index in [1.807, 2.05) is 60.7 Å². The highest BCUT2D eigenvalue weighted by Crippen LogP contribution is 2.57. The Balaban J connectivity index is 1.37. The first-order valence-corrected chi connectivity index (χ1v) is 15.2. The van der Waals surface area contributed by atoms with E-state index < -0.39 is 5.60 Å². The minimum Gasteiger partial charge on any atom is -0.456 e. The molecule has 0 aliphatic carbocycles. The fourth-order valence-electron chi connectivity index (χ4n) is 6.44. The highest BCUT2D eigenvalue weighted by Gasteiger charge is 2.53. The van der Waals surface area contributed by atoms with E-state index in [2.05, 4.69) is 93.4 Å². The molecular formula is C39H36N2O3. The van der Waals surface area contributed by atoms with Gasteiger partial charge in [-0.3, -0.25) is 0 Å². The van der Waals surface area contributed by atoms with Crippen molar-refractivity contribution in [1.82, 2.24) is 0 Å². The number of benzene rings is 5. The minimum absolute atomic E-state index is 0.0839. The lowest BCUT2D eigenvalue weighted by Crippen LogP contribution is -2.33. The van der Waals surface area contributed by atoms with Gasteiger partial charge in [0.15, 0.2) is 5.60 Å². The number of para-hydroxylation sites is 1. The van der Waals surface area contributed by atoms with Crippen molar-refractivity contribution < 1.29 is 14.3 Å². The lowest BCUT2D eigenvalue weighted by molar-refractivity contribution is 0.0224. The monoisotopic (exact) mass is 580 g/mol. The second-order valence-corrected chi connectivity index (χ2v) is 12.6. The summed E-state index contributed by atoms with van der Waals surface area (Å²) in [6.07, 6.45) is 0. The molecule has 1 N–H and O–H groups in total. The molecule has 0 saturated heterocycles. The lowest BCUT2D eigenvalue weighted by Gasteiger charge is -2.38. The zero-order chi connectivity index (χ0) is 30.6. The molecule has 0 amide bonds. The van der Waals surface area contributed by atoms with Crippen LogP contribution in [0.2, 0.25) is 0 Å². The number of nitrogens with one attached hydrogen (secondary N) is 1. The molecule has 2 aliphatic rings. The Morgan fingerprint density at radius 2 is 1.43 bits per heavy atom. The summed E-state index contributed by atoms with van der Waals surface area (Å²) in [6, 6.07) is 36.8. The highest BCUT2D eigenvalue weighted by molar-refractivity contribution is 5.97. The molecule has 2 heterocycles. The van der Waals surface area contributed by atoms with Gasteiger partial charge in [0.25, 0.3) is 0 Å². The molecular weight excluding hydrogens is 544 g/mol.